The Hall–Kier alpha value is -2.24. The molecule has 0 unspecified atom stereocenters. The Bertz CT molecular complexity index is 810. The number of hydrogen-bond donors (Lipinski definition) is 1. The number of halogens is 1. The number of carbonyl (C=O) groups excluding carboxylic acids is 1. The summed E-state index contributed by atoms with van der Waals surface area (Å²) in [7, 11) is 3.31. The Balaban J connectivity index is 1.69. The van der Waals surface area contributed by atoms with Gasteiger partial charge in [-0.2, -0.15) is 0 Å². The monoisotopic (exact) mass is 403 g/mol. The number of carbonyl (C=O) groups is 1. The van der Waals surface area contributed by atoms with Gasteiger partial charge in [-0.15, -0.1) is 0 Å². The zero-order valence-electron chi connectivity index (χ0n) is 16.7. The van der Waals surface area contributed by atoms with E-state index in [1.165, 1.54) is 0 Å². The first-order valence-corrected chi connectivity index (χ1v) is 10.0. The van der Waals surface area contributed by atoms with Crippen LogP contribution in [0.5, 0.6) is 11.5 Å². The first kappa shape index (κ1) is 20.5. The number of rotatable bonds is 7. The standard InChI is InChI=1S/C22H27ClN2O3/c1-15(16-6-8-17(23)9-7-16)24-14-22(26)25-12-4-5-20(25)19-13-18(27-2)10-11-21(19)28-3/h6-11,13,15,20,24H,4-5,12,14H2,1-3H3/p+1/t15-,20-/m1/s1. The van der Waals surface area contributed by atoms with Crippen LogP contribution in [0.1, 0.15) is 43.0 Å². The first-order valence-electron chi connectivity index (χ1n) is 9.63. The van der Waals surface area contributed by atoms with Crippen LogP contribution in [0.25, 0.3) is 0 Å². The molecule has 1 aliphatic rings. The number of amides is 1. The summed E-state index contributed by atoms with van der Waals surface area (Å²) in [5, 5.41) is 2.79. The van der Waals surface area contributed by atoms with Crippen LogP contribution in [-0.2, 0) is 4.79 Å². The highest BCUT2D eigenvalue weighted by atomic mass is 35.5. The van der Waals surface area contributed by atoms with Crippen LogP contribution >= 0.6 is 11.6 Å². The topological polar surface area (TPSA) is 55.4 Å². The van der Waals surface area contributed by atoms with Crippen molar-refractivity contribution in [2.45, 2.75) is 31.8 Å². The summed E-state index contributed by atoms with van der Waals surface area (Å²) in [6, 6.07) is 13.8. The molecule has 2 aromatic rings. The fourth-order valence-electron chi connectivity index (χ4n) is 3.79. The fourth-order valence-corrected chi connectivity index (χ4v) is 3.91. The Kier molecular flexibility index (Phi) is 6.81. The van der Waals surface area contributed by atoms with E-state index in [2.05, 4.69) is 12.2 Å². The summed E-state index contributed by atoms with van der Waals surface area (Å²) >= 11 is 5.96. The number of methoxy groups -OCH3 is 2. The van der Waals surface area contributed by atoms with Crippen molar-refractivity contribution in [1.29, 1.82) is 0 Å². The second-order valence-corrected chi connectivity index (χ2v) is 7.57. The van der Waals surface area contributed by atoms with Crippen LogP contribution in [0.4, 0.5) is 0 Å². The molecule has 28 heavy (non-hydrogen) atoms. The van der Waals surface area contributed by atoms with Gasteiger partial charge >= 0.3 is 0 Å². The number of nitrogens with zero attached hydrogens (tertiary/aromatic N) is 1. The molecule has 0 aromatic heterocycles. The zero-order valence-corrected chi connectivity index (χ0v) is 17.4. The summed E-state index contributed by atoms with van der Waals surface area (Å²) in [6.07, 6.45) is 1.92. The van der Waals surface area contributed by atoms with Gasteiger partial charge in [0.25, 0.3) is 5.91 Å². The second kappa shape index (κ2) is 9.30. The third-order valence-corrected chi connectivity index (χ3v) is 5.66. The van der Waals surface area contributed by atoms with Crippen LogP contribution in [0, 0.1) is 0 Å². The molecule has 0 spiro atoms. The largest absolute Gasteiger partial charge is 0.497 e. The molecule has 0 bridgehead atoms. The van der Waals surface area contributed by atoms with Gasteiger partial charge in [0.15, 0.2) is 6.54 Å². The van der Waals surface area contributed by atoms with Crippen LogP contribution in [0.3, 0.4) is 0 Å². The summed E-state index contributed by atoms with van der Waals surface area (Å²) in [6.45, 7) is 3.28. The zero-order chi connectivity index (χ0) is 20.1. The molecule has 2 aromatic carbocycles. The highest BCUT2D eigenvalue weighted by Crippen LogP contribution is 2.38. The van der Waals surface area contributed by atoms with Crippen molar-refractivity contribution in [2.75, 3.05) is 27.3 Å². The van der Waals surface area contributed by atoms with Crippen molar-refractivity contribution in [1.82, 2.24) is 4.90 Å². The Morgan fingerprint density at radius 2 is 1.96 bits per heavy atom. The third kappa shape index (κ3) is 4.59. The van der Waals surface area contributed by atoms with Gasteiger partial charge in [-0.05, 0) is 50.1 Å². The molecule has 3 rings (SSSR count). The van der Waals surface area contributed by atoms with Gasteiger partial charge in [0.1, 0.15) is 17.5 Å². The van der Waals surface area contributed by atoms with Crippen LogP contribution in [0.15, 0.2) is 42.5 Å². The van der Waals surface area contributed by atoms with Crippen LogP contribution in [-0.4, -0.2) is 38.1 Å². The van der Waals surface area contributed by atoms with Crippen LogP contribution in [0.2, 0.25) is 5.02 Å². The highest BCUT2D eigenvalue weighted by molar-refractivity contribution is 6.30. The van der Waals surface area contributed by atoms with Crippen LogP contribution < -0.4 is 14.8 Å². The number of ether oxygens (including phenoxy) is 2. The molecule has 1 fully saturated rings. The van der Waals surface area contributed by atoms with E-state index in [4.69, 9.17) is 21.1 Å². The first-order chi connectivity index (χ1) is 13.5. The van der Waals surface area contributed by atoms with E-state index in [9.17, 15) is 4.79 Å². The normalized spacial score (nSPS) is 17.4. The van der Waals surface area contributed by atoms with Gasteiger partial charge in [-0.25, -0.2) is 0 Å². The molecular weight excluding hydrogens is 376 g/mol. The van der Waals surface area contributed by atoms with E-state index in [1.807, 2.05) is 47.4 Å². The lowest BCUT2D eigenvalue weighted by Gasteiger charge is -2.26. The molecule has 0 aliphatic carbocycles. The van der Waals surface area contributed by atoms with E-state index in [-0.39, 0.29) is 18.0 Å². The minimum atomic E-state index is 0.0248. The average molecular weight is 404 g/mol. The molecule has 5 nitrogen and oxygen atoms in total. The summed E-state index contributed by atoms with van der Waals surface area (Å²) < 4.78 is 10.9. The maximum Gasteiger partial charge on any atom is 0.278 e. The van der Waals surface area contributed by atoms with E-state index >= 15 is 0 Å². The molecule has 2 N–H and O–H groups in total. The second-order valence-electron chi connectivity index (χ2n) is 7.13. The summed E-state index contributed by atoms with van der Waals surface area (Å²) in [5.74, 6) is 1.72. The number of benzene rings is 2. The Morgan fingerprint density at radius 1 is 1.21 bits per heavy atom. The molecule has 6 heteroatoms. The molecular formula is C22H28ClN2O3+. The predicted molar refractivity (Wildman–Crippen MR) is 110 cm³/mol. The van der Waals surface area contributed by atoms with Crippen molar-refractivity contribution >= 4 is 17.5 Å². The van der Waals surface area contributed by atoms with E-state index in [1.54, 1.807) is 14.2 Å². The van der Waals surface area contributed by atoms with E-state index < -0.39 is 0 Å². The predicted octanol–water partition coefficient (Wildman–Crippen LogP) is 3.35. The van der Waals surface area contributed by atoms with Crippen molar-refractivity contribution in [3.8, 4) is 11.5 Å². The third-order valence-electron chi connectivity index (χ3n) is 5.41. The van der Waals surface area contributed by atoms with Gasteiger partial charge in [-0.1, -0.05) is 23.7 Å². The van der Waals surface area contributed by atoms with Gasteiger partial charge in [0, 0.05) is 22.7 Å². The summed E-state index contributed by atoms with van der Waals surface area (Å²) in [5.41, 5.74) is 2.17. The maximum absolute atomic E-state index is 13.0. The Labute approximate surface area is 171 Å². The van der Waals surface area contributed by atoms with Crippen molar-refractivity contribution in [2.24, 2.45) is 0 Å². The van der Waals surface area contributed by atoms with Gasteiger partial charge < -0.3 is 19.7 Å². The lowest BCUT2D eigenvalue weighted by atomic mass is 10.0. The van der Waals surface area contributed by atoms with Crippen molar-refractivity contribution < 1.29 is 19.6 Å². The number of likely N-dealkylation sites (tertiary alicyclic amines) is 1. The van der Waals surface area contributed by atoms with Crippen molar-refractivity contribution in [3.05, 3.63) is 58.6 Å². The molecule has 150 valence electrons. The lowest BCUT2D eigenvalue weighted by molar-refractivity contribution is -0.683. The lowest BCUT2D eigenvalue weighted by Crippen LogP contribution is -2.87. The molecule has 0 radical (unpaired) electrons. The smallest absolute Gasteiger partial charge is 0.278 e. The number of quaternary nitrogens is 1. The molecule has 2 atom stereocenters. The Morgan fingerprint density at radius 3 is 2.64 bits per heavy atom. The SMILES string of the molecule is COc1ccc(OC)c([C@H]2CCCN2C(=O)C[NH2+][C@H](C)c2ccc(Cl)cc2)c1. The summed E-state index contributed by atoms with van der Waals surface area (Å²) in [4.78, 5) is 14.9. The van der Waals surface area contributed by atoms with E-state index in [0.29, 0.717) is 6.54 Å². The molecule has 1 aliphatic heterocycles. The van der Waals surface area contributed by atoms with Gasteiger partial charge in [-0.3, -0.25) is 4.79 Å². The van der Waals surface area contributed by atoms with E-state index in [0.717, 1.165) is 47.0 Å². The minimum absolute atomic E-state index is 0.0248. The molecule has 1 heterocycles. The molecule has 1 saturated heterocycles. The number of nitrogens with two attached hydrogens (primary N) is 1. The van der Waals surface area contributed by atoms with Gasteiger partial charge in [0.2, 0.25) is 0 Å². The fraction of sp³-hybridized carbons (Fsp3) is 0.409. The van der Waals surface area contributed by atoms with Gasteiger partial charge in [0.05, 0.1) is 20.3 Å². The minimum Gasteiger partial charge on any atom is -0.497 e. The number of hydrogen-bond acceptors (Lipinski definition) is 3. The highest BCUT2D eigenvalue weighted by Gasteiger charge is 2.33. The quantitative estimate of drug-likeness (QED) is 0.771. The maximum atomic E-state index is 13.0. The molecule has 0 saturated carbocycles. The average Bonchev–Trinajstić information content (AvgIpc) is 3.21. The molecule has 1 amide bonds. The van der Waals surface area contributed by atoms with Crippen molar-refractivity contribution in [3.63, 3.8) is 0 Å².